The molecule has 0 amide bonds. The molecule has 0 N–H and O–H groups in total. The zero-order valence-corrected chi connectivity index (χ0v) is 12.6. The van der Waals surface area contributed by atoms with Crippen LogP contribution in [0, 0.1) is 0 Å². The van der Waals surface area contributed by atoms with Crippen LogP contribution in [-0.4, -0.2) is 30.9 Å². The molecule has 2 heteroatoms. The summed E-state index contributed by atoms with van der Waals surface area (Å²) in [4.78, 5) is 7.13. The van der Waals surface area contributed by atoms with Crippen LogP contribution in [0.25, 0.3) is 0 Å². The summed E-state index contributed by atoms with van der Waals surface area (Å²) in [6.07, 6.45) is 2.09. The highest BCUT2D eigenvalue weighted by Crippen LogP contribution is 2.27. The Morgan fingerprint density at radius 3 is 2.38 bits per heavy atom. The highest BCUT2D eigenvalue weighted by molar-refractivity contribution is 5.85. The molecule has 2 aromatic carbocycles. The number of likely N-dealkylation sites (tertiary alicyclic amines) is 1. The van der Waals surface area contributed by atoms with Crippen LogP contribution in [0.1, 0.15) is 23.5 Å². The Hall–Kier alpha value is -2.09. The fourth-order valence-corrected chi connectivity index (χ4v) is 2.97. The molecule has 1 aliphatic heterocycles. The highest BCUT2D eigenvalue weighted by Gasteiger charge is 2.25. The van der Waals surface area contributed by atoms with Gasteiger partial charge in [-0.25, -0.2) is 0 Å². The summed E-state index contributed by atoms with van der Waals surface area (Å²) >= 11 is 0. The van der Waals surface area contributed by atoms with Gasteiger partial charge in [-0.1, -0.05) is 60.7 Å². The van der Waals surface area contributed by atoms with E-state index in [0.717, 1.165) is 25.9 Å². The summed E-state index contributed by atoms with van der Waals surface area (Å²) in [6.45, 7) is 1.96. The second kappa shape index (κ2) is 6.57. The van der Waals surface area contributed by atoms with Crippen molar-refractivity contribution in [3.63, 3.8) is 0 Å². The Morgan fingerprint density at radius 2 is 1.67 bits per heavy atom. The summed E-state index contributed by atoms with van der Waals surface area (Å²) in [6, 6.07) is 21.4. The van der Waals surface area contributed by atoms with Crippen molar-refractivity contribution < 1.29 is 0 Å². The van der Waals surface area contributed by atoms with Gasteiger partial charge in [0.25, 0.3) is 0 Å². The van der Waals surface area contributed by atoms with Crippen molar-refractivity contribution in [2.45, 2.75) is 18.8 Å². The van der Waals surface area contributed by atoms with Crippen molar-refractivity contribution in [2.24, 2.45) is 4.99 Å². The van der Waals surface area contributed by atoms with Crippen molar-refractivity contribution >= 4 is 5.84 Å². The van der Waals surface area contributed by atoms with Crippen molar-refractivity contribution in [3.05, 3.63) is 71.8 Å². The lowest BCUT2D eigenvalue weighted by Gasteiger charge is -2.12. The molecule has 2 aromatic rings. The molecule has 1 fully saturated rings. The number of nitrogens with zero attached hydrogens (tertiary/aromatic N) is 2. The van der Waals surface area contributed by atoms with E-state index in [4.69, 9.17) is 4.99 Å². The molecule has 108 valence electrons. The average molecular weight is 278 g/mol. The summed E-state index contributed by atoms with van der Waals surface area (Å²) in [5.74, 6) is 1.84. The molecule has 1 aliphatic rings. The smallest absolute Gasteiger partial charge is 0.0993 e. The molecular formula is C19H22N2. The van der Waals surface area contributed by atoms with Crippen LogP contribution in [0.4, 0.5) is 0 Å². The van der Waals surface area contributed by atoms with E-state index in [-0.39, 0.29) is 0 Å². The van der Waals surface area contributed by atoms with E-state index in [0.29, 0.717) is 5.92 Å². The quantitative estimate of drug-likeness (QED) is 0.831. The molecule has 0 spiro atoms. The van der Waals surface area contributed by atoms with Gasteiger partial charge >= 0.3 is 0 Å². The van der Waals surface area contributed by atoms with Crippen molar-refractivity contribution in [1.29, 1.82) is 0 Å². The van der Waals surface area contributed by atoms with Gasteiger partial charge in [-0.05, 0) is 17.5 Å². The minimum Gasteiger partial charge on any atom is -0.363 e. The molecule has 0 aliphatic carbocycles. The number of likely N-dealkylation sites (N-methyl/N-ethyl adjacent to an activating group) is 1. The van der Waals surface area contributed by atoms with Gasteiger partial charge in [-0.3, -0.25) is 4.99 Å². The first kappa shape index (κ1) is 13.9. The fraction of sp³-hybridized carbons (Fsp3) is 0.316. The number of hydrogen-bond donors (Lipinski definition) is 0. The van der Waals surface area contributed by atoms with E-state index in [9.17, 15) is 0 Å². The lowest BCUT2D eigenvalue weighted by molar-refractivity contribution is 0.519. The molecule has 3 rings (SSSR count). The van der Waals surface area contributed by atoms with Gasteiger partial charge in [0.1, 0.15) is 0 Å². The number of benzene rings is 2. The average Bonchev–Trinajstić information content (AvgIpc) is 2.91. The van der Waals surface area contributed by atoms with Crippen LogP contribution < -0.4 is 0 Å². The molecule has 0 aromatic heterocycles. The van der Waals surface area contributed by atoms with E-state index >= 15 is 0 Å². The van der Waals surface area contributed by atoms with Gasteiger partial charge in [0.15, 0.2) is 0 Å². The van der Waals surface area contributed by atoms with Gasteiger partial charge in [0.05, 0.1) is 5.84 Å². The Bertz CT molecular complexity index is 589. The van der Waals surface area contributed by atoms with Crippen LogP contribution in [0.2, 0.25) is 0 Å². The largest absolute Gasteiger partial charge is 0.363 e. The van der Waals surface area contributed by atoms with Crippen LogP contribution in [0.15, 0.2) is 65.7 Å². The maximum Gasteiger partial charge on any atom is 0.0993 e. The Kier molecular flexibility index (Phi) is 4.34. The third kappa shape index (κ3) is 3.52. The van der Waals surface area contributed by atoms with Gasteiger partial charge in [-0.15, -0.1) is 0 Å². The normalized spacial score (nSPS) is 20.1. The van der Waals surface area contributed by atoms with Crippen LogP contribution in [0.3, 0.4) is 0 Å². The van der Waals surface area contributed by atoms with Crippen molar-refractivity contribution in [1.82, 2.24) is 4.90 Å². The van der Waals surface area contributed by atoms with Gasteiger partial charge in [0, 0.05) is 32.5 Å². The highest BCUT2D eigenvalue weighted by atomic mass is 15.2. The third-order valence-corrected chi connectivity index (χ3v) is 4.17. The predicted molar refractivity (Wildman–Crippen MR) is 88.9 cm³/mol. The first-order chi connectivity index (χ1) is 10.3. The molecule has 1 atom stereocenters. The van der Waals surface area contributed by atoms with E-state index < -0.39 is 0 Å². The first-order valence-electron chi connectivity index (χ1n) is 7.66. The summed E-state index contributed by atoms with van der Waals surface area (Å²) < 4.78 is 0. The molecule has 2 nitrogen and oxygen atoms in total. The number of amidine groups is 1. The van der Waals surface area contributed by atoms with Crippen LogP contribution in [0.5, 0.6) is 0 Å². The maximum absolute atomic E-state index is 4.82. The number of rotatable bonds is 4. The summed E-state index contributed by atoms with van der Waals surface area (Å²) in [5, 5.41) is 0. The standard InChI is InChI=1S/C19H22N2/c1-21-15-18(17-10-6-3-7-11-17)14-19(21)20-13-12-16-8-4-2-5-9-16/h2-11,18H,12-15H2,1H3. The number of aliphatic imine (C=N–C) groups is 1. The monoisotopic (exact) mass is 278 g/mol. The van der Waals surface area contributed by atoms with Crippen molar-refractivity contribution in [3.8, 4) is 0 Å². The van der Waals surface area contributed by atoms with E-state index in [1.807, 2.05) is 0 Å². The van der Waals surface area contributed by atoms with Gasteiger partial charge in [-0.2, -0.15) is 0 Å². The lowest BCUT2D eigenvalue weighted by Crippen LogP contribution is -2.20. The fourth-order valence-electron chi connectivity index (χ4n) is 2.97. The van der Waals surface area contributed by atoms with E-state index in [1.165, 1.54) is 17.0 Å². The third-order valence-electron chi connectivity index (χ3n) is 4.17. The molecule has 0 saturated carbocycles. The Labute approximate surface area is 127 Å². The zero-order valence-electron chi connectivity index (χ0n) is 12.6. The molecular weight excluding hydrogens is 256 g/mol. The summed E-state index contributed by atoms with van der Waals surface area (Å²) in [5.41, 5.74) is 2.79. The van der Waals surface area contributed by atoms with Gasteiger partial charge in [0.2, 0.25) is 0 Å². The predicted octanol–water partition coefficient (Wildman–Crippen LogP) is 3.75. The second-order valence-corrected chi connectivity index (χ2v) is 5.73. The zero-order chi connectivity index (χ0) is 14.5. The van der Waals surface area contributed by atoms with Crippen molar-refractivity contribution in [2.75, 3.05) is 20.1 Å². The van der Waals surface area contributed by atoms with Gasteiger partial charge < -0.3 is 4.90 Å². The Balaban J connectivity index is 1.60. The lowest BCUT2D eigenvalue weighted by atomic mass is 9.98. The molecule has 1 heterocycles. The minimum absolute atomic E-state index is 0.590. The van der Waals surface area contributed by atoms with E-state index in [2.05, 4.69) is 72.6 Å². The number of hydrogen-bond acceptors (Lipinski definition) is 1. The molecule has 0 radical (unpaired) electrons. The SMILES string of the molecule is CN1CC(c2ccccc2)CC1=NCCc1ccccc1. The molecule has 0 bridgehead atoms. The second-order valence-electron chi connectivity index (χ2n) is 5.73. The van der Waals surface area contributed by atoms with Crippen LogP contribution >= 0.6 is 0 Å². The maximum atomic E-state index is 4.82. The first-order valence-corrected chi connectivity index (χ1v) is 7.66. The summed E-state index contributed by atoms with van der Waals surface area (Å²) in [7, 11) is 2.16. The molecule has 1 saturated heterocycles. The van der Waals surface area contributed by atoms with Crippen LogP contribution in [-0.2, 0) is 6.42 Å². The van der Waals surface area contributed by atoms with E-state index in [1.54, 1.807) is 0 Å². The topological polar surface area (TPSA) is 15.6 Å². The minimum atomic E-state index is 0.590. The molecule has 21 heavy (non-hydrogen) atoms. The Morgan fingerprint density at radius 1 is 1.00 bits per heavy atom. The molecule has 1 unspecified atom stereocenters.